The van der Waals surface area contributed by atoms with E-state index >= 15 is 0 Å². The molecule has 0 aromatic rings. The minimum atomic E-state index is -1.02. The predicted octanol–water partition coefficient (Wildman–Crippen LogP) is 9.95. The summed E-state index contributed by atoms with van der Waals surface area (Å²) in [7, 11) is 2.61. The number of imide groups is 1. The molecule has 0 saturated carbocycles. The average molecular weight is 717 g/mol. The van der Waals surface area contributed by atoms with Crippen LogP contribution >= 0.6 is 21.6 Å². The molecule has 48 heavy (non-hydrogen) atoms. The fourth-order valence-electron chi connectivity index (χ4n) is 5.65. The predicted molar refractivity (Wildman–Crippen MR) is 204 cm³/mol. The number of hydrogen-bond acceptors (Lipinski definition) is 9. The first-order valence-electron chi connectivity index (χ1n) is 19.4. The van der Waals surface area contributed by atoms with E-state index in [1.165, 1.54) is 151 Å². The molecule has 10 heteroatoms. The van der Waals surface area contributed by atoms with Crippen molar-refractivity contribution < 1.29 is 28.7 Å². The maximum Gasteiger partial charge on any atom is 0.330 e. The lowest BCUT2D eigenvalue weighted by atomic mass is 10.1. The van der Waals surface area contributed by atoms with Crippen LogP contribution < -0.4 is 5.73 Å². The molecule has 0 radical (unpaired) electrons. The Kier molecular flexibility index (Phi) is 33.3. The second-order valence-corrected chi connectivity index (χ2v) is 15.8. The Bertz CT molecular complexity index is 802. The molecule has 0 fully saturated rings. The fraction of sp³-hybridized carbons (Fsp3) is 0.895. The molecule has 2 N–H and O–H groups in total. The third-order valence-corrected chi connectivity index (χ3v) is 11.0. The van der Waals surface area contributed by atoms with Gasteiger partial charge in [-0.25, -0.2) is 4.79 Å². The van der Waals surface area contributed by atoms with Crippen LogP contribution in [0, 0.1) is 0 Å². The summed E-state index contributed by atoms with van der Waals surface area (Å²) in [5, 5.41) is 0. The zero-order valence-electron chi connectivity index (χ0n) is 31.2. The SMILES string of the molecule is CCCCCCCCCCCCCCOC(=O)[C@@H](N)CSSC[C@@H](C(=O)OCCCCCCCCCCCCCC)N(C(C)=O)C(C)=O. The normalized spacial score (nSPS) is 12.4. The van der Waals surface area contributed by atoms with E-state index in [1.54, 1.807) is 0 Å². The third kappa shape index (κ3) is 27.5. The number of carbonyl (C=O) groups is 4. The fourth-order valence-corrected chi connectivity index (χ4v) is 7.94. The van der Waals surface area contributed by atoms with Crippen LogP contribution in [0.25, 0.3) is 0 Å². The largest absolute Gasteiger partial charge is 0.465 e. The molecule has 0 saturated heterocycles. The smallest absolute Gasteiger partial charge is 0.330 e. The van der Waals surface area contributed by atoms with E-state index < -0.39 is 35.8 Å². The summed E-state index contributed by atoms with van der Waals surface area (Å²) < 4.78 is 10.9. The van der Waals surface area contributed by atoms with Crippen molar-refractivity contribution in [3.63, 3.8) is 0 Å². The lowest BCUT2D eigenvalue weighted by molar-refractivity contribution is -0.159. The highest BCUT2D eigenvalue weighted by molar-refractivity contribution is 8.76. The molecule has 0 aromatic carbocycles. The van der Waals surface area contributed by atoms with E-state index in [0.29, 0.717) is 12.4 Å². The van der Waals surface area contributed by atoms with Gasteiger partial charge in [0.1, 0.15) is 12.1 Å². The minimum absolute atomic E-state index is 0.154. The summed E-state index contributed by atoms with van der Waals surface area (Å²) in [4.78, 5) is 50.7. The van der Waals surface area contributed by atoms with Gasteiger partial charge in [-0.3, -0.25) is 19.3 Å². The number of amides is 2. The van der Waals surface area contributed by atoms with E-state index in [4.69, 9.17) is 15.2 Å². The Morgan fingerprint density at radius 2 is 0.812 bits per heavy atom. The average Bonchev–Trinajstić information content (AvgIpc) is 3.05. The van der Waals surface area contributed by atoms with Crippen LogP contribution in [0.2, 0.25) is 0 Å². The van der Waals surface area contributed by atoms with Gasteiger partial charge in [0.2, 0.25) is 11.8 Å². The van der Waals surface area contributed by atoms with Gasteiger partial charge in [0.25, 0.3) is 0 Å². The van der Waals surface area contributed by atoms with Crippen molar-refractivity contribution in [2.45, 2.75) is 194 Å². The molecule has 0 heterocycles. The molecule has 0 spiro atoms. The van der Waals surface area contributed by atoms with E-state index in [1.807, 2.05) is 0 Å². The van der Waals surface area contributed by atoms with Crippen molar-refractivity contribution in [3.05, 3.63) is 0 Å². The maximum atomic E-state index is 12.9. The molecular formula is C38H72N2O6S2. The Labute approximate surface area is 302 Å². The first kappa shape index (κ1) is 46.7. The molecule has 8 nitrogen and oxygen atoms in total. The number of unbranched alkanes of at least 4 members (excludes halogenated alkanes) is 22. The van der Waals surface area contributed by atoms with Gasteiger partial charge in [-0.2, -0.15) is 0 Å². The molecule has 0 unspecified atom stereocenters. The molecule has 0 aliphatic carbocycles. The third-order valence-electron chi connectivity index (χ3n) is 8.61. The van der Waals surface area contributed by atoms with Crippen molar-refractivity contribution in [3.8, 4) is 0 Å². The number of carbonyl (C=O) groups excluding carboxylic acids is 4. The van der Waals surface area contributed by atoms with Crippen molar-refractivity contribution in [2.75, 3.05) is 24.7 Å². The van der Waals surface area contributed by atoms with Crippen LogP contribution in [0.15, 0.2) is 0 Å². The van der Waals surface area contributed by atoms with E-state index in [9.17, 15) is 19.2 Å². The quantitative estimate of drug-likeness (QED) is 0.0395. The molecule has 0 aliphatic rings. The minimum Gasteiger partial charge on any atom is -0.465 e. The van der Waals surface area contributed by atoms with Crippen LogP contribution in [-0.4, -0.2) is 65.5 Å². The van der Waals surface area contributed by atoms with Gasteiger partial charge in [-0.15, -0.1) is 0 Å². The number of ether oxygens (including phenoxy) is 2. The van der Waals surface area contributed by atoms with E-state index in [-0.39, 0.29) is 12.4 Å². The van der Waals surface area contributed by atoms with Gasteiger partial charge >= 0.3 is 11.9 Å². The lowest BCUT2D eigenvalue weighted by Crippen LogP contribution is -2.49. The van der Waals surface area contributed by atoms with Crippen molar-refractivity contribution in [2.24, 2.45) is 5.73 Å². The highest BCUT2D eigenvalue weighted by Crippen LogP contribution is 2.25. The summed E-state index contributed by atoms with van der Waals surface area (Å²) in [5.41, 5.74) is 6.04. The highest BCUT2D eigenvalue weighted by Gasteiger charge is 2.32. The summed E-state index contributed by atoms with van der Waals surface area (Å²) in [5.74, 6) is -1.57. The zero-order valence-corrected chi connectivity index (χ0v) is 32.9. The van der Waals surface area contributed by atoms with Gasteiger partial charge < -0.3 is 15.2 Å². The van der Waals surface area contributed by atoms with Crippen LogP contribution in [-0.2, 0) is 28.7 Å². The Morgan fingerprint density at radius 3 is 1.17 bits per heavy atom. The lowest BCUT2D eigenvalue weighted by Gasteiger charge is -2.26. The molecule has 0 aromatic heterocycles. The van der Waals surface area contributed by atoms with Gasteiger partial charge in [0.05, 0.1) is 13.2 Å². The van der Waals surface area contributed by atoms with Gasteiger partial charge in [-0.1, -0.05) is 177 Å². The van der Waals surface area contributed by atoms with Crippen LogP contribution in [0.4, 0.5) is 0 Å². The Balaban J connectivity index is 4.18. The maximum absolute atomic E-state index is 12.9. The summed E-state index contributed by atoms with van der Waals surface area (Å²) in [6, 6.07) is -1.81. The van der Waals surface area contributed by atoms with Gasteiger partial charge in [0.15, 0.2) is 0 Å². The van der Waals surface area contributed by atoms with Gasteiger partial charge in [-0.05, 0) is 12.8 Å². The van der Waals surface area contributed by atoms with Crippen molar-refractivity contribution in [1.29, 1.82) is 0 Å². The Hall–Kier alpha value is -1.26. The molecule has 0 bridgehead atoms. The monoisotopic (exact) mass is 716 g/mol. The number of esters is 2. The number of nitrogens with zero attached hydrogens (tertiary/aromatic N) is 1. The summed E-state index contributed by atoms with van der Waals surface area (Å²) >= 11 is 0. The van der Waals surface area contributed by atoms with Crippen LogP contribution in [0.5, 0.6) is 0 Å². The summed E-state index contributed by atoms with van der Waals surface area (Å²) in [6.07, 6.45) is 29.5. The van der Waals surface area contributed by atoms with Crippen LogP contribution in [0.1, 0.15) is 182 Å². The summed E-state index contributed by atoms with van der Waals surface area (Å²) in [6.45, 7) is 7.68. The number of hydrogen-bond donors (Lipinski definition) is 1. The first-order chi connectivity index (χ1) is 23.3. The van der Waals surface area contributed by atoms with Crippen molar-refractivity contribution >= 4 is 45.3 Å². The molecule has 0 aliphatic heterocycles. The Morgan fingerprint density at radius 1 is 0.500 bits per heavy atom. The number of rotatable bonds is 34. The first-order valence-corrected chi connectivity index (χ1v) is 21.9. The van der Waals surface area contributed by atoms with E-state index in [2.05, 4.69) is 13.8 Å². The molecular weight excluding hydrogens is 645 g/mol. The second-order valence-electron chi connectivity index (χ2n) is 13.2. The van der Waals surface area contributed by atoms with Crippen LogP contribution in [0.3, 0.4) is 0 Å². The zero-order chi connectivity index (χ0) is 35.7. The van der Waals surface area contributed by atoms with Crippen molar-refractivity contribution in [1.82, 2.24) is 4.90 Å². The standard InChI is InChI=1S/C38H72N2O6S2/c1-5-7-9-11-13-15-17-19-21-23-25-27-29-45-37(43)35(39)31-47-48-32-36(40(33(3)41)34(4)42)38(44)46-30-28-26-24-22-20-18-16-14-12-10-8-6-2/h35-36H,5-32,39H2,1-4H3/t35-,36-/m0/s1. The number of nitrogens with two attached hydrogens (primary N) is 1. The topological polar surface area (TPSA) is 116 Å². The molecule has 282 valence electrons. The van der Waals surface area contributed by atoms with Gasteiger partial charge in [0, 0.05) is 25.4 Å². The van der Waals surface area contributed by atoms with E-state index in [0.717, 1.165) is 43.4 Å². The highest BCUT2D eigenvalue weighted by atomic mass is 33.1. The molecule has 2 atom stereocenters. The second kappa shape index (κ2) is 34.2. The molecule has 0 rings (SSSR count). The molecule has 2 amide bonds.